The lowest BCUT2D eigenvalue weighted by Gasteiger charge is -2.30. The van der Waals surface area contributed by atoms with E-state index in [2.05, 4.69) is 48.7 Å². The van der Waals surface area contributed by atoms with Crippen LogP contribution in [0.5, 0.6) is 5.75 Å². The van der Waals surface area contributed by atoms with Gasteiger partial charge in [-0.1, -0.05) is 69.7 Å². The van der Waals surface area contributed by atoms with Crippen LogP contribution in [0.15, 0.2) is 84.6 Å². The Labute approximate surface area is 234 Å². The molecular weight excluding hydrogens is 491 g/mol. The van der Waals surface area contributed by atoms with Crippen LogP contribution in [-0.4, -0.2) is 19.6 Å². The van der Waals surface area contributed by atoms with Gasteiger partial charge in [0, 0.05) is 28.9 Å². The predicted molar refractivity (Wildman–Crippen MR) is 162 cm³/mol. The quantitative estimate of drug-likeness (QED) is 0.131. The van der Waals surface area contributed by atoms with E-state index in [1.54, 1.807) is 19.2 Å². The summed E-state index contributed by atoms with van der Waals surface area (Å²) in [5, 5.41) is 7.26. The lowest BCUT2D eigenvalue weighted by molar-refractivity contribution is 0.183. The van der Waals surface area contributed by atoms with E-state index < -0.39 is 0 Å². The highest BCUT2D eigenvalue weighted by atomic mass is 19.1. The Morgan fingerprint density at radius 3 is 2.15 bits per heavy atom. The minimum Gasteiger partial charge on any atom is -0.497 e. The maximum atomic E-state index is 13.3. The van der Waals surface area contributed by atoms with Gasteiger partial charge in [0.15, 0.2) is 0 Å². The number of anilines is 1. The third kappa shape index (κ3) is 8.40. The Kier molecular flexibility index (Phi) is 14.6. The van der Waals surface area contributed by atoms with Crippen molar-refractivity contribution in [3.8, 4) is 5.75 Å². The lowest BCUT2D eigenvalue weighted by Crippen LogP contribution is -2.30. The zero-order valence-electron chi connectivity index (χ0n) is 24.6. The molecule has 0 amide bonds. The highest BCUT2D eigenvalue weighted by molar-refractivity contribution is 5.91. The van der Waals surface area contributed by atoms with Gasteiger partial charge in [-0.05, 0) is 80.8 Å². The Morgan fingerprint density at radius 1 is 1.03 bits per heavy atom. The fraction of sp³-hybridized carbons (Fsp3) is 0.344. The molecule has 212 valence electrons. The number of ether oxygens (including phenoxy) is 1. The summed E-state index contributed by atoms with van der Waals surface area (Å²) >= 11 is 0. The third-order valence-electron chi connectivity index (χ3n) is 6.20. The Hall–Kier alpha value is -3.68. The van der Waals surface area contributed by atoms with Crippen LogP contribution >= 0.6 is 0 Å². The van der Waals surface area contributed by atoms with Gasteiger partial charge in [0.25, 0.3) is 0 Å². The summed E-state index contributed by atoms with van der Waals surface area (Å²) < 4.78 is 18.7. The van der Waals surface area contributed by atoms with E-state index in [1.807, 2.05) is 69.7 Å². The number of halogens is 1. The van der Waals surface area contributed by atoms with Crippen LogP contribution in [0.25, 0.3) is 0 Å². The molecule has 0 spiro atoms. The van der Waals surface area contributed by atoms with Gasteiger partial charge in [0.05, 0.1) is 7.11 Å². The van der Waals surface area contributed by atoms with Crippen molar-refractivity contribution in [2.24, 2.45) is 5.84 Å². The fourth-order valence-electron chi connectivity index (χ4n) is 4.60. The van der Waals surface area contributed by atoms with Gasteiger partial charge < -0.3 is 14.5 Å². The van der Waals surface area contributed by atoms with Crippen molar-refractivity contribution in [3.05, 3.63) is 107 Å². The molecule has 1 aliphatic rings. The van der Waals surface area contributed by atoms with Crippen LogP contribution < -0.4 is 21.1 Å². The maximum absolute atomic E-state index is 13.3. The molecule has 6 nitrogen and oxygen atoms in total. The Balaban J connectivity index is 0.000000425. The number of allylic oxidation sites excluding steroid dienone is 2. The molecule has 0 bridgehead atoms. The first-order valence-corrected chi connectivity index (χ1v) is 13.5. The molecule has 0 fully saturated rings. The average Bonchev–Trinajstić information content (AvgIpc) is 3.23. The molecule has 1 aliphatic heterocycles. The molecule has 1 heterocycles. The molecule has 4 rings (SSSR count). The smallest absolute Gasteiger partial charge is 0.239 e. The van der Waals surface area contributed by atoms with Crippen LogP contribution in [-0.2, 0) is 16.7 Å². The van der Waals surface area contributed by atoms with Crippen molar-refractivity contribution in [2.75, 3.05) is 18.6 Å². The van der Waals surface area contributed by atoms with Crippen molar-refractivity contribution in [3.63, 3.8) is 0 Å². The van der Waals surface area contributed by atoms with Gasteiger partial charge in [-0.15, -0.1) is 0 Å². The molecule has 1 atom stereocenters. The Bertz CT molecular complexity index is 1170. The number of likely N-dealkylation sites (N-methyl/N-ethyl adjacent to an activating group) is 1. The number of nitrogens with one attached hydrogen (secondary N) is 2. The lowest BCUT2D eigenvalue weighted by atomic mass is 9.76. The summed E-state index contributed by atoms with van der Waals surface area (Å²) in [5.74, 6) is 5.53. The number of rotatable bonds is 6. The number of benzene rings is 3. The first-order chi connectivity index (χ1) is 18.9. The maximum Gasteiger partial charge on any atom is 0.239 e. The first-order valence-electron chi connectivity index (χ1n) is 13.5. The van der Waals surface area contributed by atoms with Crippen molar-refractivity contribution in [1.29, 1.82) is 5.41 Å². The van der Waals surface area contributed by atoms with Crippen LogP contribution in [0.1, 0.15) is 65.2 Å². The number of nitrogens with zero attached hydrogens (tertiary/aromatic N) is 1. The second-order valence-corrected chi connectivity index (χ2v) is 8.35. The number of hydrazine groups is 1. The first kappa shape index (κ1) is 33.3. The van der Waals surface area contributed by atoms with Crippen LogP contribution in [0.2, 0.25) is 0 Å². The zero-order chi connectivity index (χ0) is 29.4. The molecule has 3 aromatic carbocycles. The van der Waals surface area contributed by atoms with Crippen molar-refractivity contribution in [1.82, 2.24) is 5.59 Å². The highest BCUT2D eigenvalue weighted by Gasteiger charge is 2.43. The normalized spacial score (nSPS) is 15.9. The summed E-state index contributed by atoms with van der Waals surface area (Å²) in [6.07, 6.45) is 3.02. The third-order valence-corrected chi connectivity index (χ3v) is 6.20. The minimum atomic E-state index is -0.196. The van der Waals surface area contributed by atoms with Crippen LogP contribution in [0.4, 0.5) is 10.1 Å². The van der Waals surface area contributed by atoms with Gasteiger partial charge in [-0.25, -0.2) is 10.2 Å². The number of hydrogen-bond donors (Lipinski definition) is 3. The van der Waals surface area contributed by atoms with Crippen molar-refractivity contribution in [2.45, 2.75) is 60.3 Å². The molecule has 4 N–H and O–H groups in total. The molecule has 1 unspecified atom stereocenters. The SMILES string of the molecule is C/C=C1\N(CC)c2ccc(OC)cc2C1(C)Cc1ccc(F)cc1.CC.CC.N=C(ONN)c1ccccc1. The van der Waals surface area contributed by atoms with Crippen molar-refractivity contribution < 1.29 is 14.0 Å². The average molecular weight is 537 g/mol. The zero-order valence-corrected chi connectivity index (χ0v) is 24.6. The van der Waals surface area contributed by atoms with Gasteiger partial charge in [-0.3, -0.25) is 5.41 Å². The Morgan fingerprint density at radius 2 is 1.64 bits per heavy atom. The standard InChI is InChI=1S/C21H24FNO.C7H9N3O.2C2H6/c1-5-20-21(3,14-15-7-9-16(22)10-8-15)18-13-17(24-4)11-12-19(18)23(20)6-2;8-7(11-10-9)6-4-2-1-3-5-6;2*1-2/h5,7-13H,6,14H2,1-4H3;1-5,8,10H,9H2;2*1-2H3/b20-5-;;;. The van der Waals surface area contributed by atoms with E-state index in [0.717, 1.165) is 24.3 Å². The van der Waals surface area contributed by atoms with E-state index in [1.165, 1.54) is 29.1 Å². The number of methoxy groups -OCH3 is 1. The van der Waals surface area contributed by atoms with E-state index in [-0.39, 0.29) is 17.1 Å². The molecular formula is C32H45FN4O2. The van der Waals surface area contributed by atoms with E-state index in [9.17, 15) is 4.39 Å². The van der Waals surface area contributed by atoms with Crippen LogP contribution in [0, 0.1) is 11.2 Å². The van der Waals surface area contributed by atoms with Gasteiger partial charge in [-0.2, -0.15) is 0 Å². The molecule has 39 heavy (non-hydrogen) atoms. The van der Waals surface area contributed by atoms with Crippen molar-refractivity contribution >= 4 is 11.6 Å². The molecule has 7 heteroatoms. The topological polar surface area (TPSA) is 83.6 Å². The number of hydrogen-bond acceptors (Lipinski definition) is 6. The second kappa shape index (κ2) is 17.0. The summed E-state index contributed by atoms with van der Waals surface area (Å²) in [4.78, 5) is 6.90. The van der Waals surface area contributed by atoms with E-state index in [0.29, 0.717) is 5.56 Å². The van der Waals surface area contributed by atoms with E-state index in [4.69, 9.17) is 16.0 Å². The molecule has 0 radical (unpaired) electrons. The summed E-state index contributed by atoms with van der Waals surface area (Å²) in [7, 11) is 1.70. The predicted octanol–water partition coefficient (Wildman–Crippen LogP) is 7.54. The second-order valence-electron chi connectivity index (χ2n) is 8.35. The summed E-state index contributed by atoms with van der Waals surface area (Å²) in [5.41, 5.74) is 7.38. The molecule has 0 aromatic heterocycles. The molecule has 0 aliphatic carbocycles. The molecule has 0 saturated heterocycles. The summed E-state index contributed by atoms with van der Waals surface area (Å²) in [6, 6.07) is 22.2. The molecule has 3 aromatic rings. The van der Waals surface area contributed by atoms with Gasteiger partial charge >= 0.3 is 0 Å². The van der Waals surface area contributed by atoms with Crippen LogP contribution in [0.3, 0.4) is 0 Å². The number of nitrogens with two attached hydrogens (primary N) is 1. The fourth-order valence-corrected chi connectivity index (χ4v) is 4.60. The summed E-state index contributed by atoms with van der Waals surface area (Å²) in [6.45, 7) is 15.4. The highest BCUT2D eigenvalue weighted by Crippen LogP contribution is 2.50. The number of fused-ring (bicyclic) bond motifs is 1. The molecule has 0 saturated carbocycles. The largest absolute Gasteiger partial charge is 0.497 e. The minimum absolute atomic E-state index is 0.00750. The monoisotopic (exact) mass is 536 g/mol. The van der Waals surface area contributed by atoms with Gasteiger partial charge in [0.1, 0.15) is 11.6 Å². The van der Waals surface area contributed by atoms with Gasteiger partial charge in [0.2, 0.25) is 5.90 Å². The van der Waals surface area contributed by atoms with E-state index >= 15 is 0 Å².